The van der Waals surface area contributed by atoms with Crippen molar-refractivity contribution in [3.8, 4) is 11.6 Å². The summed E-state index contributed by atoms with van der Waals surface area (Å²) in [5.74, 6) is 1.25. The Morgan fingerprint density at radius 3 is 2.42 bits per heavy atom. The van der Waals surface area contributed by atoms with Crippen LogP contribution < -0.4 is 10.5 Å². The van der Waals surface area contributed by atoms with E-state index in [2.05, 4.69) is 25.9 Å². The van der Waals surface area contributed by atoms with Gasteiger partial charge in [-0.05, 0) is 30.3 Å². The van der Waals surface area contributed by atoms with Gasteiger partial charge in [0.2, 0.25) is 0 Å². The van der Waals surface area contributed by atoms with E-state index in [1.807, 2.05) is 48.5 Å². The molecule has 2 aromatic carbocycles. The van der Waals surface area contributed by atoms with Crippen LogP contribution in [0.4, 0.5) is 5.82 Å². The lowest BCUT2D eigenvalue weighted by Crippen LogP contribution is -1.99. The molecule has 0 spiro atoms. The fraction of sp³-hybridized carbons (Fsp3) is 0. The van der Waals surface area contributed by atoms with E-state index in [0.717, 1.165) is 15.5 Å². The van der Waals surface area contributed by atoms with Gasteiger partial charge in [-0.2, -0.15) is 0 Å². The van der Waals surface area contributed by atoms with Gasteiger partial charge in [0.15, 0.2) is 5.82 Å². The Bertz CT molecular complexity index is 746. The summed E-state index contributed by atoms with van der Waals surface area (Å²) in [5.41, 5.74) is 7.37. The fourth-order valence-corrected chi connectivity index (χ4v) is 2.09. The largest absolute Gasteiger partial charge is 0.436 e. The molecule has 0 saturated carbocycles. The van der Waals surface area contributed by atoms with Gasteiger partial charge in [-0.1, -0.05) is 34.1 Å². The Labute approximate surface area is 118 Å². The monoisotopic (exact) mass is 315 g/mol. The molecule has 0 aliphatic rings. The number of hydrogen-bond donors (Lipinski definition) is 1. The maximum absolute atomic E-state index is 5.86. The highest BCUT2D eigenvalue weighted by Crippen LogP contribution is 2.27. The molecule has 2 N–H and O–H groups in total. The molecule has 3 rings (SSSR count). The van der Waals surface area contributed by atoms with Gasteiger partial charge in [-0.15, -0.1) is 0 Å². The molecule has 0 atom stereocenters. The fourth-order valence-electron chi connectivity index (χ4n) is 1.71. The number of rotatable bonds is 2. The molecule has 0 aliphatic heterocycles. The summed E-state index contributed by atoms with van der Waals surface area (Å²) in [6.07, 6.45) is 0. The van der Waals surface area contributed by atoms with Crippen molar-refractivity contribution in [3.63, 3.8) is 0 Å². The quantitative estimate of drug-likeness (QED) is 0.782. The second kappa shape index (κ2) is 4.85. The molecular formula is C14H10BrN3O. The van der Waals surface area contributed by atoms with Crippen molar-refractivity contribution >= 4 is 32.8 Å². The number of para-hydroxylation sites is 2. The van der Waals surface area contributed by atoms with E-state index >= 15 is 0 Å². The number of benzene rings is 2. The van der Waals surface area contributed by atoms with Gasteiger partial charge >= 0.3 is 0 Å². The van der Waals surface area contributed by atoms with Gasteiger partial charge in [0.05, 0.1) is 11.0 Å². The Balaban J connectivity index is 2.03. The molecule has 0 bridgehead atoms. The van der Waals surface area contributed by atoms with E-state index < -0.39 is 0 Å². The minimum atomic E-state index is 0.277. The van der Waals surface area contributed by atoms with E-state index in [-0.39, 0.29) is 5.82 Å². The van der Waals surface area contributed by atoms with Gasteiger partial charge in [0, 0.05) is 4.47 Å². The number of nitrogen functional groups attached to an aromatic ring is 1. The van der Waals surface area contributed by atoms with E-state index in [1.165, 1.54) is 0 Å². The summed E-state index contributed by atoms with van der Waals surface area (Å²) in [7, 11) is 0. The molecule has 0 unspecified atom stereocenters. The highest BCUT2D eigenvalue weighted by Gasteiger charge is 2.08. The van der Waals surface area contributed by atoms with Crippen molar-refractivity contribution in [3.05, 3.63) is 53.0 Å². The third-order valence-electron chi connectivity index (χ3n) is 2.57. The molecule has 1 heterocycles. The summed E-state index contributed by atoms with van der Waals surface area (Å²) < 4.78 is 6.60. The number of halogens is 1. The van der Waals surface area contributed by atoms with Crippen molar-refractivity contribution in [2.75, 3.05) is 5.73 Å². The molecule has 4 nitrogen and oxygen atoms in total. The third kappa shape index (κ3) is 2.51. The van der Waals surface area contributed by atoms with Crippen LogP contribution in [-0.2, 0) is 0 Å². The van der Waals surface area contributed by atoms with Crippen LogP contribution in [0.5, 0.6) is 11.6 Å². The van der Waals surface area contributed by atoms with Crippen LogP contribution in [0.1, 0.15) is 0 Å². The predicted octanol–water partition coefficient (Wildman–Crippen LogP) is 3.77. The summed E-state index contributed by atoms with van der Waals surface area (Å²) in [5, 5.41) is 0. The Hall–Kier alpha value is -2.14. The van der Waals surface area contributed by atoms with Crippen molar-refractivity contribution in [1.82, 2.24) is 9.97 Å². The lowest BCUT2D eigenvalue weighted by atomic mass is 10.3. The lowest BCUT2D eigenvalue weighted by Gasteiger charge is -2.08. The molecule has 1 aromatic heterocycles. The first-order valence-electron chi connectivity index (χ1n) is 5.68. The molecule has 0 radical (unpaired) electrons. The molecule has 0 aliphatic carbocycles. The van der Waals surface area contributed by atoms with E-state index in [1.54, 1.807) is 0 Å². The van der Waals surface area contributed by atoms with Crippen LogP contribution in [0.15, 0.2) is 53.0 Å². The maximum Gasteiger partial charge on any atom is 0.263 e. The Kier molecular flexibility index (Phi) is 3.05. The molecule has 0 saturated heterocycles. The van der Waals surface area contributed by atoms with Gasteiger partial charge in [0.25, 0.3) is 5.88 Å². The first-order chi connectivity index (χ1) is 9.22. The number of hydrogen-bond acceptors (Lipinski definition) is 4. The van der Waals surface area contributed by atoms with Crippen LogP contribution in [0.2, 0.25) is 0 Å². The minimum Gasteiger partial charge on any atom is -0.436 e. The topological polar surface area (TPSA) is 61.0 Å². The highest BCUT2D eigenvalue weighted by molar-refractivity contribution is 9.10. The molecule has 0 fully saturated rings. The summed E-state index contributed by atoms with van der Waals surface area (Å²) >= 11 is 3.39. The number of fused-ring (bicyclic) bond motifs is 1. The van der Waals surface area contributed by atoms with Gasteiger partial charge in [-0.25, -0.2) is 9.97 Å². The zero-order valence-electron chi connectivity index (χ0n) is 9.88. The molecule has 3 aromatic rings. The van der Waals surface area contributed by atoms with Crippen molar-refractivity contribution in [2.24, 2.45) is 0 Å². The standard InChI is InChI=1S/C14H10BrN3O/c15-9-4-3-5-10(8-9)19-14-13(16)17-11-6-1-2-7-12(11)18-14/h1-8H,(H2,16,17). The Morgan fingerprint density at radius 1 is 0.947 bits per heavy atom. The number of nitrogens with two attached hydrogens (primary N) is 1. The highest BCUT2D eigenvalue weighted by atomic mass is 79.9. The van der Waals surface area contributed by atoms with Crippen molar-refractivity contribution < 1.29 is 4.74 Å². The number of nitrogens with zero attached hydrogens (tertiary/aromatic N) is 2. The van der Waals surface area contributed by atoms with Gasteiger partial charge in [0.1, 0.15) is 5.75 Å². The van der Waals surface area contributed by atoms with E-state index in [4.69, 9.17) is 10.5 Å². The van der Waals surface area contributed by atoms with Crippen molar-refractivity contribution in [1.29, 1.82) is 0 Å². The summed E-state index contributed by atoms with van der Waals surface area (Å²) in [4.78, 5) is 8.65. The smallest absolute Gasteiger partial charge is 0.263 e. The first kappa shape index (κ1) is 11.9. The average Bonchev–Trinajstić information content (AvgIpc) is 2.40. The van der Waals surface area contributed by atoms with Crippen LogP contribution in [0.3, 0.4) is 0 Å². The number of aromatic nitrogens is 2. The SMILES string of the molecule is Nc1nc2ccccc2nc1Oc1cccc(Br)c1. The van der Waals surface area contributed by atoms with Crippen LogP contribution in [0, 0.1) is 0 Å². The van der Waals surface area contributed by atoms with Crippen LogP contribution >= 0.6 is 15.9 Å². The van der Waals surface area contributed by atoms with Gasteiger partial charge in [-0.3, -0.25) is 0 Å². The van der Waals surface area contributed by atoms with Crippen LogP contribution in [-0.4, -0.2) is 9.97 Å². The third-order valence-corrected chi connectivity index (χ3v) is 3.07. The second-order valence-electron chi connectivity index (χ2n) is 3.96. The van der Waals surface area contributed by atoms with E-state index in [0.29, 0.717) is 11.6 Å². The molecular weight excluding hydrogens is 306 g/mol. The number of anilines is 1. The molecule has 94 valence electrons. The average molecular weight is 316 g/mol. The zero-order chi connectivity index (χ0) is 13.2. The van der Waals surface area contributed by atoms with Crippen LogP contribution in [0.25, 0.3) is 11.0 Å². The van der Waals surface area contributed by atoms with Crippen molar-refractivity contribution in [2.45, 2.75) is 0 Å². The van der Waals surface area contributed by atoms with Gasteiger partial charge < -0.3 is 10.5 Å². The lowest BCUT2D eigenvalue weighted by molar-refractivity contribution is 0.465. The maximum atomic E-state index is 5.86. The second-order valence-corrected chi connectivity index (χ2v) is 4.88. The molecule has 5 heteroatoms. The molecule has 19 heavy (non-hydrogen) atoms. The normalized spacial score (nSPS) is 10.6. The first-order valence-corrected chi connectivity index (χ1v) is 6.47. The minimum absolute atomic E-state index is 0.277. The van der Waals surface area contributed by atoms with E-state index in [9.17, 15) is 0 Å². The Morgan fingerprint density at radius 2 is 1.68 bits per heavy atom. The predicted molar refractivity (Wildman–Crippen MR) is 78.2 cm³/mol. The number of ether oxygens (including phenoxy) is 1. The summed E-state index contributed by atoms with van der Waals surface area (Å²) in [6, 6.07) is 15.0. The zero-order valence-corrected chi connectivity index (χ0v) is 11.5. The molecule has 0 amide bonds. The summed E-state index contributed by atoms with van der Waals surface area (Å²) in [6.45, 7) is 0.